The van der Waals surface area contributed by atoms with E-state index < -0.39 is 15.4 Å². The second-order valence-electron chi connectivity index (χ2n) is 7.91. The van der Waals surface area contributed by atoms with Crippen molar-refractivity contribution in [3.8, 4) is 0 Å². The normalized spacial score (nSPS) is 13.0. The van der Waals surface area contributed by atoms with E-state index in [1.807, 2.05) is 12.1 Å². The maximum atomic E-state index is 12.3. The van der Waals surface area contributed by atoms with Crippen LogP contribution in [-0.4, -0.2) is 26.0 Å². The highest BCUT2D eigenvalue weighted by Gasteiger charge is 2.17. The molecule has 152 valence electrons. The van der Waals surface area contributed by atoms with Crippen molar-refractivity contribution >= 4 is 33.2 Å². The van der Waals surface area contributed by atoms with E-state index in [1.54, 1.807) is 24.3 Å². The van der Waals surface area contributed by atoms with E-state index >= 15 is 0 Å². The summed E-state index contributed by atoms with van der Waals surface area (Å²) in [4.78, 5) is 12.3. The number of hydrogen-bond acceptors (Lipinski definition) is 3. The molecular formula is C21H27ClN2O3S. The average molecular weight is 423 g/mol. The summed E-state index contributed by atoms with van der Waals surface area (Å²) in [7, 11) is -3.31. The smallest absolute Gasteiger partial charge is 0.238 e. The van der Waals surface area contributed by atoms with E-state index in [1.165, 1.54) is 5.56 Å². The SMILES string of the molecule is CC(C)(C)c1ccc(CC(Cl)C(=O)NCc2ccc(NS(C)(=O)=O)cc2)cc1. The van der Waals surface area contributed by atoms with Gasteiger partial charge in [0.05, 0.1) is 6.26 Å². The summed E-state index contributed by atoms with van der Waals surface area (Å²) < 4.78 is 24.8. The zero-order chi connectivity index (χ0) is 20.9. The van der Waals surface area contributed by atoms with E-state index in [2.05, 4.69) is 42.9 Å². The number of carbonyl (C=O) groups excluding carboxylic acids is 1. The lowest BCUT2D eigenvalue weighted by molar-refractivity contribution is -0.120. The first kappa shape index (κ1) is 22.2. The van der Waals surface area contributed by atoms with Crippen molar-refractivity contribution < 1.29 is 13.2 Å². The molecule has 0 saturated heterocycles. The number of hydrogen-bond donors (Lipinski definition) is 2. The maximum Gasteiger partial charge on any atom is 0.238 e. The number of rotatable bonds is 7. The predicted molar refractivity (Wildman–Crippen MR) is 115 cm³/mol. The second-order valence-corrected chi connectivity index (χ2v) is 10.2. The van der Waals surface area contributed by atoms with Crippen LogP contribution in [0.15, 0.2) is 48.5 Å². The Bertz CT molecular complexity index is 902. The fourth-order valence-corrected chi connectivity index (χ4v) is 3.46. The van der Waals surface area contributed by atoms with Gasteiger partial charge in [-0.05, 0) is 40.7 Å². The molecule has 2 aromatic carbocycles. The molecular weight excluding hydrogens is 396 g/mol. The third-order valence-electron chi connectivity index (χ3n) is 4.24. The van der Waals surface area contributed by atoms with Gasteiger partial charge >= 0.3 is 0 Å². The Labute approximate surface area is 172 Å². The number of alkyl halides is 1. The Kier molecular flexibility index (Phi) is 7.12. The first-order valence-electron chi connectivity index (χ1n) is 9.02. The number of halogens is 1. The van der Waals surface area contributed by atoms with Gasteiger partial charge in [-0.3, -0.25) is 9.52 Å². The van der Waals surface area contributed by atoms with Gasteiger partial charge < -0.3 is 5.32 Å². The number of amides is 1. The van der Waals surface area contributed by atoms with Crippen LogP contribution in [-0.2, 0) is 33.2 Å². The molecule has 1 amide bonds. The molecule has 1 atom stereocenters. The minimum Gasteiger partial charge on any atom is -0.351 e. The number of sulfonamides is 1. The van der Waals surface area contributed by atoms with Crippen LogP contribution in [0.2, 0.25) is 0 Å². The molecule has 0 bridgehead atoms. The summed E-state index contributed by atoms with van der Waals surface area (Å²) in [6, 6.07) is 15.0. The van der Waals surface area contributed by atoms with Crippen LogP contribution in [0.3, 0.4) is 0 Å². The molecule has 0 aliphatic rings. The highest BCUT2D eigenvalue weighted by molar-refractivity contribution is 7.92. The monoisotopic (exact) mass is 422 g/mol. The van der Waals surface area contributed by atoms with Crippen LogP contribution in [0.1, 0.15) is 37.5 Å². The van der Waals surface area contributed by atoms with Crippen molar-refractivity contribution in [3.05, 3.63) is 65.2 Å². The fourth-order valence-electron chi connectivity index (χ4n) is 2.65. The first-order valence-corrected chi connectivity index (χ1v) is 11.3. The van der Waals surface area contributed by atoms with Crippen molar-refractivity contribution in [1.82, 2.24) is 5.32 Å². The molecule has 7 heteroatoms. The molecule has 1 unspecified atom stereocenters. The highest BCUT2D eigenvalue weighted by atomic mass is 35.5. The highest BCUT2D eigenvalue weighted by Crippen LogP contribution is 2.23. The van der Waals surface area contributed by atoms with Crippen molar-refractivity contribution in [2.75, 3.05) is 11.0 Å². The van der Waals surface area contributed by atoms with E-state index in [4.69, 9.17) is 11.6 Å². The third kappa shape index (κ3) is 7.17. The summed E-state index contributed by atoms with van der Waals surface area (Å²) in [5.41, 5.74) is 3.67. The zero-order valence-electron chi connectivity index (χ0n) is 16.6. The molecule has 2 N–H and O–H groups in total. The number of anilines is 1. The van der Waals surface area contributed by atoms with E-state index in [0.29, 0.717) is 18.7 Å². The quantitative estimate of drug-likeness (QED) is 0.666. The van der Waals surface area contributed by atoms with Crippen LogP contribution < -0.4 is 10.0 Å². The van der Waals surface area contributed by atoms with Gasteiger partial charge in [-0.2, -0.15) is 0 Å². The largest absolute Gasteiger partial charge is 0.351 e. The molecule has 0 aliphatic heterocycles. The average Bonchev–Trinajstić information content (AvgIpc) is 2.59. The van der Waals surface area contributed by atoms with Crippen molar-refractivity contribution in [1.29, 1.82) is 0 Å². The van der Waals surface area contributed by atoms with Gasteiger partial charge in [0.15, 0.2) is 0 Å². The minimum absolute atomic E-state index is 0.0860. The topological polar surface area (TPSA) is 75.3 Å². The van der Waals surface area contributed by atoms with E-state index in [9.17, 15) is 13.2 Å². The van der Waals surface area contributed by atoms with Gasteiger partial charge in [-0.1, -0.05) is 57.2 Å². The summed E-state index contributed by atoms with van der Waals surface area (Å²) in [6.07, 6.45) is 1.55. The Hall–Kier alpha value is -2.05. The van der Waals surface area contributed by atoms with E-state index in [0.717, 1.165) is 17.4 Å². The Morgan fingerprint density at radius 3 is 2.04 bits per heavy atom. The Morgan fingerprint density at radius 1 is 1.00 bits per heavy atom. The van der Waals surface area contributed by atoms with Gasteiger partial charge in [-0.15, -0.1) is 11.6 Å². The maximum absolute atomic E-state index is 12.3. The standard InChI is InChI=1S/C21H27ClN2O3S/c1-21(2,3)17-9-5-15(6-10-17)13-19(22)20(25)23-14-16-7-11-18(12-8-16)24-28(4,26)27/h5-12,19,24H,13-14H2,1-4H3,(H,23,25). The molecule has 0 aromatic heterocycles. The van der Waals surface area contributed by atoms with Gasteiger partial charge in [0, 0.05) is 12.2 Å². The third-order valence-corrected chi connectivity index (χ3v) is 5.20. The lowest BCUT2D eigenvalue weighted by atomic mass is 9.86. The van der Waals surface area contributed by atoms with Crippen LogP contribution in [0.25, 0.3) is 0 Å². The second kappa shape index (κ2) is 8.97. The predicted octanol–water partition coefficient (Wildman–Crippen LogP) is 3.82. The molecule has 5 nitrogen and oxygen atoms in total. The van der Waals surface area contributed by atoms with Crippen molar-refractivity contribution in [3.63, 3.8) is 0 Å². The minimum atomic E-state index is -3.31. The lowest BCUT2D eigenvalue weighted by Crippen LogP contribution is -2.32. The van der Waals surface area contributed by atoms with Gasteiger partial charge in [-0.25, -0.2) is 8.42 Å². The number of carbonyl (C=O) groups is 1. The van der Waals surface area contributed by atoms with Crippen molar-refractivity contribution in [2.45, 2.75) is 44.5 Å². The fraction of sp³-hybridized carbons (Fsp3) is 0.381. The molecule has 0 saturated carbocycles. The molecule has 0 aliphatic carbocycles. The van der Waals surface area contributed by atoms with Gasteiger partial charge in [0.2, 0.25) is 15.9 Å². The first-order chi connectivity index (χ1) is 12.9. The van der Waals surface area contributed by atoms with Crippen LogP contribution in [0.4, 0.5) is 5.69 Å². The van der Waals surface area contributed by atoms with Crippen LogP contribution in [0, 0.1) is 0 Å². The summed E-state index contributed by atoms with van der Waals surface area (Å²) in [6.45, 7) is 6.79. The molecule has 2 aromatic rings. The molecule has 2 rings (SSSR count). The Balaban J connectivity index is 1.87. The van der Waals surface area contributed by atoms with Crippen LogP contribution >= 0.6 is 11.6 Å². The zero-order valence-corrected chi connectivity index (χ0v) is 18.2. The molecule has 0 spiro atoms. The number of nitrogens with one attached hydrogen (secondary N) is 2. The summed E-state index contributed by atoms with van der Waals surface area (Å²) >= 11 is 6.27. The Morgan fingerprint density at radius 2 is 1.54 bits per heavy atom. The molecule has 0 fully saturated rings. The van der Waals surface area contributed by atoms with Gasteiger partial charge in [0.25, 0.3) is 0 Å². The summed E-state index contributed by atoms with van der Waals surface area (Å²) in [5, 5.41) is 2.15. The van der Waals surface area contributed by atoms with Crippen molar-refractivity contribution in [2.24, 2.45) is 0 Å². The van der Waals surface area contributed by atoms with E-state index in [-0.39, 0.29) is 11.3 Å². The lowest BCUT2D eigenvalue weighted by Gasteiger charge is -2.19. The van der Waals surface area contributed by atoms with Crippen LogP contribution in [0.5, 0.6) is 0 Å². The molecule has 0 radical (unpaired) electrons. The summed E-state index contributed by atoms with van der Waals surface area (Å²) in [5.74, 6) is -0.236. The molecule has 0 heterocycles. The number of benzene rings is 2. The van der Waals surface area contributed by atoms with Gasteiger partial charge in [0.1, 0.15) is 5.38 Å². The molecule has 28 heavy (non-hydrogen) atoms.